The van der Waals surface area contributed by atoms with Crippen molar-refractivity contribution in [1.29, 1.82) is 0 Å². The first kappa shape index (κ1) is 26.5. The molecule has 0 fully saturated rings. The minimum absolute atomic E-state index is 0.0332. The fraction of sp³-hybridized carbons (Fsp3) is 0.375. The summed E-state index contributed by atoms with van der Waals surface area (Å²) >= 11 is 12.0. The minimum Gasteiger partial charge on any atom is -0.426 e. The van der Waals surface area contributed by atoms with Crippen molar-refractivity contribution in [2.24, 2.45) is 0 Å². The summed E-state index contributed by atoms with van der Waals surface area (Å²) in [6, 6.07) is 9.61. The first-order valence-electron chi connectivity index (χ1n) is 11.2. The molecule has 1 aromatic heterocycles. The Bertz CT molecular complexity index is 1200. The van der Waals surface area contributed by atoms with E-state index in [4.69, 9.17) is 27.9 Å². The molecular formula is C24H28Cl2FN3O3S. The van der Waals surface area contributed by atoms with E-state index in [-0.39, 0.29) is 20.8 Å². The van der Waals surface area contributed by atoms with Crippen molar-refractivity contribution in [3.8, 4) is 11.8 Å². The number of unbranched alkanes of at least 4 members (excludes halogenated alkanes) is 3. The monoisotopic (exact) mass is 527 g/mol. The van der Waals surface area contributed by atoms with Crippen molar-refractivity contribution in [1.82, 2.24) is 14.3 Å². The van der Waals surface area contributed by atoms with Gasteiger partial charge in [-0.1, -0.05) is 55.8 Å². The predicted molar refractivity (Wildman–Crippen MR) is 133 cm³/mol. The third kappa shape index (κ3) is 6.72. The minimum atomic E-state index is -3.89. The second-order valence-electron chi connectivity index (χ2n) is 7.87. The quantitative estimate of drug-likeness (QED) is 0.254. The van der Waals surface area contributed by atoms with Crippen LogP contribution in [0.15, 0.2) is 53.6 Å². The molecule has 3 rings (SSSR count). The van der Waals surface area contributed by atoms with Crippen molar-refractivity contribution >= 4 is 33.2 Å². The van der Waals surface area contributed by atoms with E-state index in [1.54, 1.807) is 6.20 Å². The molecule has 2 aromatic carbocycles. The van der Waals surface area contributed by atoms with E-state index in [9.17, 15) is 12.8 Å². The Morgan fingerprint density at radius 2 is 1.79 bits per heavy atom. The van der Waals surface area contributed by atoms with Crippen LogP contribution in [0, 0.1) is 5.82 Å². The number of imidazole rings is 1. The lowest BCUT2D eigenvalue weighted by Gasteiger charge is -2.21. The van der Waals surface area contributed by atoms with E-state index >= 15 is 0 Å². The SMILES string of the molecule is CCCCCCC(NS(=O)(=O)c1ccc(Cl)c(Cl)c1)c1cnc(Oc2ccc(F)cc2)n1CC. The molecule has 1 heterocycles. The van der Waals surface area contributed by atoms with Gasteiger partial charge in [0, 0.05) is 6.54 Å². The molecule has 0 saturated carbocycles. The van der Waals surface area contributed by atoms with Crippen LogP contribution in [0.3, 0.4) is 0 Å². The highest BCUT2D eigenvalue weighted by Gasteiger charge is 2.26. The molecule has 0 aliphatic heterocycles. The highest BCUT2D eigenvalue weighted by atomic mass is 35.5. The number of hydrogen-bond acceptors (Lipinski definition) is 4. The van der Waals surface area contributed by atoms with Crippen LogP contribution in [-0.2, 0) is 16.6 Å². The molecule has 0 radical (unpaired) electrons. The lowest BCUT2D eigenvalue weighted by Crippen LogP contribution is -2.30. The summed E-state index contributed by atoms with van der Waals surface area (Å²) in [5.74, 6) is 0.0693. The average Bonchev–Trinajstić information content (AvgIpc) is 3.21. The number of nitrogens with one attached hydrogen (secondary N) is 1. The molecule has 0 saturated heterocycles. The Kier molecular flexibility index (Phi) is 9.36. The highest BCUT2D eigenvalue weighted by Crippen LogP contribution is 2.30. The topological polar surface area (TPSA) is 73.2 Å². The van der Waals surface area contributed by atoms with Crippen LogP contribution in [0.2, 0.25) is 10.0 Å². The van der Waals surface area contributed by atoms with Crippen LogP contribution >= 0.6 is 23.2 Å². The lowest BCUT2D eigenvalue weighted by molar-refractivity contribution is 0.402. The molecular weight excluding hydrogens is 500 g/mol. The highest BCUT2D eigenvalue weighted by molar-refractivity contribution is 7.89. The van der Waals surface area contributed by atoms with E-state index < -0.39 is 16.1 Å². The molecule has 6 nitrogen and oxygen atoms in total. The van der Waals surface area contributed by atoms with Crippen molar-refractivity contribution in [2.75, 3.05) is 0 Å². The third-order valence-corrected chi connectivity index (χ3v) is 7.60. The Balaban J connectivity index is 1.90. The number of hydrogen-bond donors (Lipinski definition) is 1. The molecule has 0 aliphatic carbocycles. The van der Waals surface area contributed by atoms with E-state index in [1.807, 2.05) is 11.5 Å². The second kappa shape index (κ2) is 12.0. The zero-order valence-electron chi connectivity index (χ0n) is 19.1. The van der Waals surface area contributed by atoms with Gasteiger partial charge in [-0.15, -0.1) is 0 Å². The van der Waals surface area contributed by atoms with E-state index in [2.05, 4.69) is 16.6 Å². The molecule has 34 heavy (non-hydrogen) atoms. The molecule has 10 heteroatoms. The van der Waals surface area contributed by atoms with Gasteiger partial charge in [-0.3, -0.25) is 4.57 Å². The number of aromatic nitrogens is 2. The van der Waals surface area contributed by atoms with E-state index in [0.29, 0.717) is 30.4 Å². The van der Waals surface area contributed by atoms with Crippen molar-refractivity contribution < 1.29 is 17.5 Å². The van der Waals surface area contributed by atoms with Gasteiger partial charge in [-0.2, -0.15) is 0 Å². The summed E-state index contributed by atoms with van der Waals surface area (Å²) in [4.78, 5) is 4.41. The van der Waals surface area contributed by atoms with Crippen LogP contribution in [0.1, 0.15) is 57.7 Å². The fourth-order valence-electron chi connectivity index (χ4n) is 3.60. The summed E-state index contributed by atoms with van der Waals surface area (Å²) in [7, 11) is -3.89. The second-order valence-corrected chi connectivity index (χ2v) is 10.4. The van der Waals surface area contributed by atoms with Gasteiger partial charge >= 0.3 is 6.01 Å². The number of ether oxygens (including phenoxy) is 1. The van der Waals surface area contributed by atoms with Crippen LogP contribution in [0.5, 0.6) is 11.8 Å². The standard InChI is InChI=1S/C24H28Cl2FN3O3S/c1-3-5-6-7-8-22(29-34(31,32)19-13-14-20(25)21(26)15-19)23-16-28-24(30(23)4-2)33-18-11-9-17(27)10-12-18/h9-16,22,29H,3-8H2,1-2H3. The summed E-state index contributed by atoms with van der Waals surface area (Å²) in [5, 5.41) is 0.445. The number of sulfonamides is 1. The van der Waals surface area contributed by atoms with Gasteiger partial charge < -0.3 is 4.74 Å². The zero-order valence-corrected chi connectivity index (χ0v) is 21.4. The number of nitrogens with zero attached hydrogens (tertiary/aromatic N) is 2. The summed E-state index contributed by atoms with van der Waals surface area (Å²) in [6.07, 6.45) is 6.17. The maximum Gasteiger partial charge on any atom is 0.302 e. The van der Waals surface area contributed by atoms with Crippen LogP contribution in [-0.4, -0.2) is 18.0 Å². The van der Waals surface area contributed by atoms with Crippen molar-refractivity contribution in [2.45, 2.75) is 63.4 Å². The smallest absolute Gasteiger partial charge is 0.302 e. The van der Waals surface area contributed by atoms with Gasteiger partial charge in [-0.05, 0) is 55.8 Å². The summed E-state index contributed by atoms with van der Waals surface area (Å²) in [5.41, 5.74) is 0.680. The molecule has 0 spiro atoms. The molecule has 1 unspecified atom stereocenters. The van der Waals surface area contributed by atoms with Gasteiger partial charge in [0.25, 0.3) is 0 Å². The van der Waals surface area contributed by atoms with Crippen LogP contribution in [0.4, 0.5) is 4.39 Å². The maximum absolute atomic E-state index is 13.2. The lowest BCUT2D eigenvalue weighted by atomic mass is 10.1. The fourth-order valence-corrected chi connectivity index (χ4v) is 5.23. The Hall–Kier alpha value is -2.13. The predicted octanol–water partition coefficient (Wildman–Crippen LogP) is 7.13. The molecule has 0 amide bonds. The van der Waals surface area contributed by atoms with Crippen LogP contribution < -0.4 is 9.46 Å². The normalized spacial score (nSPS) is 12.6. The summed E-state index contributed by atoms with van der Waals surface area (Å²) in [6.45, 7) is 4.55. The van der Waals surface area contributed by atoms with E-state index in [0.717, 1.165) is 25.7 Å². The Labute approximate surface area is 210 Å². The van der Waals surface area contributed by atoms with Gasteiger partial charge in [-0.25, -0.2) is 22.5 Å². The first-order chi connectivity index (χ1) is 16.2. The van der Waals surface area contributed by atoms with Gasteiger partial charge in [0.2, 0.25) is 10.0 Å². The maximum atomic E-state index is 13.2. The third-order valence-electron chi connectivity index (χ3n) is 5.39. The Morgan fingerprint density at radius 1 is 1.06 bits per heavy atom. The number of benzene rings is 2. The van der Waals surface area contributed by atoms with Gasteiger partial charge in [0.15, 0.2) is 0 Å². The van der Waals surface area contributed by atoms with E-state index in [1.165, 1.54) is 42.5 Å². The molecule has 1 N–H and O–H groups in total. The molecule has 0 bridgehead atoms. The van der Waals surface area contributed by atoms with Gasteiger partial charge in [0.1, 0.15) is 11.6 Å². The molecule has 184 valence electrons. The molecule has 3 aromatic rings. The number of rotatable bonds is 12. The van der Waals surface area contributed by atoms with Gasteiger partial charge in [0.05, 0.1) is 32.9 Å². The van der Waals surface area contributed by atoms with Crippen molar-refractivity contribution in [3.63, 3.8) is 0 Å². The Morgan fingerprint density at radius 3 is 2.44 bits per heavy atom. The summed E-state index contributed by atoms with van der Waals surface area (Å²) < 4.78 is 50.1. The zero-order chi connectivity index (χ0) is 24.7. The molecule has 1 atom stereocenters. The molecule has 0 aliphatic rings. The average molecular weight is 528 g/mol. The van der Waals surface area contributed by atoms with Crippen molar-refractivity contribution in [3.05, 3.63) is 70.2 Å². The number of halogens is 3. The largest absolute Gasteiger partial charge is 0.426 e. The first-order valence-corrected chi connectivity index (χ1v) is 13.4. The van der Waals surface area contributed by atoms with Crippen LogP contribution in [0.25, 0.3) is 0 Å².